The van der Waals surface area contributed by atoms with Crippen LogP contribution in [0.3, 0.4) is 0 Å². The minimum atomic E-state index is -3.65. The number of anilines is 2. The van der Waals surface area contributed by atoms with Crippen LogP contribution in [0.2, 0.25) is 0 Å². The Hall–Kier alpha value is -9.34. The fourth-order valence-corrected chi connectivity index (χ4v) is 10.6. The van der Waals surface area contributed by atoms with Crippen molar-refractivity contribution in [3.05, 3.63) is 239 Å². The number of amidine groups is 2. The number of rotatable bonds is 19. The number of piperazine rings is 1. The lowest BCUT2D eigenvalue weighted by Crippen LogP contribution is -2.53. The Morgan fingerprint density at radius 2 is 0.929 bits per heavy atom. The normalized spacial score (nSPS) is 16.6. The van der Waals surface area contributed by atoms with E-state index in [-0.39, 0.29) is 61.4 Å². The molecule has 7 aromatic rings. The van der Waals surface area contributed by atoms with Gasteiger partial charge in [0.15, 0.2) is 0 Å². The molecule has 85 heavy (non-hydrogen) atoms. The summed E-state index contributed by atoms with van der Waals surface area (Å²) in [6.45, 7) is 5.95. The van der Waals surface area contributed by atoms with Crippen molar-refractivity contribution < 1.29 is 50.8 Å². The van der Waals surface area contributed by atoms with Crippen LogP contribution in [-0.4, -0.2) is 137 Å². The number of amides is 4. The standard InChI is InChI=1S/C39H41N5O5.C26H25N3O6S/c1-28(38(46)48-27-29-11-5-2-6-12-29)43-23-21-42(22-24-43)25-34-26-44(39(47)49-34)33-19-17-32(18-20-33)36(40)41-37(45)35(30-13-7-3-8-14-30)31-15-9-4-10-16-31;1-36(32,33)34-17-22-16-29(26(31)35-22)21-14-12-20(13-15-21)24(27)28-25(30)23(18-8-4-2-5-9-18)19-10-6-3-7-11-19/h2-20,28,34-35H,21-27H2,1H3,(H2,40,41,45);2-15,22-23H,16-17H2,1H3,(H2,27,28,30). The van der Waals surface area contributed by atoms with E-state index < -0.39 is 40.2 Å². The molecular formula is C65H66N8O11S. The molecule has 10 rings (SSSR count). The van der Waals surface area contributed by atoms with Crippen LogP contribution in [0.4, 0.5) is 21.0 Å². The number of carbonyl (C=O) groups is 5. The molecule has 0 aromatic heterocycles. The Kier molecular flexibility index (Phi) is 20.1. The molecule has 20 heteroatoms. The second-order valence-electron chi connectivity index (χ2n) is 20.7. The quantitative estimate of drug-likeness (QED) is 0.0196. The fourth-order valence-electron chi connectivity index (χ4n) is 10.2. The Morgan fingerprint density at radius 3 is 1.33 bits per heavy atom. The lowest BCUT2D eigenvalue weighted by Gasteiger charge is -2.37. The number of hydrogen-bond donors (Lipinski definition) is 4. The van der Waals surface area contributed by atoms with Crippen LogP contribution < -0.4 is 20.4 Å². The molecule has 4 amide bonds. The van der Waals surface area contributed by atoms with Crippen molar-refractivity contribution in [1.29, 1.82) is 10.8 Å². The summed E-state index contributed by atoms with van der Waals surface area (Å²) in [5.41, 5.74) is 6.42. The number of cyclic esters (lactones) is 2. The minimum Gasteiger partial charge on any atom is -0.460 e. The predicted molar refractivity (Wildman–Crippen MR) is 322 cm³/mol. The van der Waals surface area contributed by atoms with Gasteiger partial charge in [-0.15, -0.1) is 0 Å². The number of nitrogens with one attached hydrogen (secondary N) is 4. The van der Waals surface area contributed by atoms with Crippen LogP contribution in [0.25, 0.3) is 0 Å². The first-order valence-electron chi connectivity index (χ1n) is 27.7. The molecule has 3 heterocycles. The number of esters is 1. The van der Waals surface area contributed by atoms with Gasteiger partial charge in [0.2, 0.25) is 11.8 Å². The summed E-state index contributed by atoms with van der Waals surface area (Å²) in [5, 5.41) is 22.5. The van der Waals surface area contributed by atoms with Crippen molar-refractivity contribution in [2.24, 2.45) is 0 Å². The second-order valence-corrected chi connectivity index (χ2v) is 22.3. The summed E-state index contributed by atoms with van der Waals surface area (Å²) in [4.78, 5) is 71.7. The van der Waals surface area contributed by atoms with Crippen LogP contribution in [0.5, 0.6) is 0 Å². The molecule has 3 aliphatic heterocycles. The smallest absolute Gasteiger partial charge is 0.414 e. The van der Waals surface area contributed by atoms with E-state index in [4.69, 9.17) is 29.2 Å². The average molecular weight is 1170 g/mol. The molecule has 3 fully saturated rings. The van der Waals surface area contributed by atoms with Gasteiger partial charge in [-0.3, -0.25) is 49.0 Å². The summed E-state index contributed by atoms with van der Waals surface area (Å²) in [5.74, 6) is -2.11. The molecule has 0 radical (unpaired) electrons. The number of nitrogens with zero attached hydrogens (tertiary/aromatic N) is 4. The largest absolute Gasteiger partial charge is 0.460 e. The zero-order valence-corrected chi connectivity index (χ0v) is 47.8. The Bertz CT molecular complexity index is 3470. The first kappa shape index (κ1) is 60.3. The van der Waals surface area contributed by atoms with Crippen LogP contribution in [0.1, 0.15) is 57.7 Å². The average Bonchev–Trinajstić information content (AvgIpc) is 4.33. The van der Waals surface area contributed by atoms with Gasteiger partial charge >= 0.3 is 18.2 Å². The molecule has 0 aliphatic carbocycles. The summed E-state index contributed by atoms with van der Waals surface area (Å²) in [6, 6.07) is 60.5. The molecule has 438 valence electrons. The number of hydrogen-bond acceptors (Lipinski definition) is 15. The number of benzene rings is 7. The lowest BCUT2D eigenvalue weighted by molar-refractivity contribution is -0.151. The minimum absolute atomic E-state index is 0.0202. The molecule has 0 spiro atoms. The van der Waals surface area contributed by atoms with E-state index in [1.807, 2.05) is 159 Å². The Labute approximate surface area is 494 Å². The van der Waals surface area contributed by atoms with E-state index in [0.29, 0.717) is 48.7 Å². The molecule has 3 aliphatic rings. The highest BCUT2D eigenvalue weighted by Crippen LogP contribution is 2.29. The molecule has 0 bridgehead atoms. The SMILES string of the molecule is CC(C(=O)OCc1ccccc1)N1CCN(CC2CN(c3ccc(C(=N)NC(=O)C(c4ccccc4)c4ccccc4)cc3)C(=O)O2)CC1.CS(=O)(=O)OCC1CN(c2ccc(C(=N)NC(=O)C(c3ccccc3)c3ccccc3)cc2)C(=O)O1. The summed E-state index contributed by atoms with van der Waals surface area (Å²) in [6.07, 6.45) is -1.13. The van der Waals surface area contributed by atoms with Gasteiger partial charge in [-0.1, -0.05) is 152 Å². The zero-order valence-electron chi connectivity index (χ0n) is 47.0. The van der Waals surface area contributed by atoms with Gasteiger partial charge in [-0.2, -0.15) is 8.42 Å². The van der Waals surface area contributed by atoms with Crippen molar-refractivity contribution in [3.63, 3.8) is 0 Å². The summed E-state index contributed by atoms with van der Waals surface area (Å²) < 4.78 is 43.5. The van der Waals surface area contributed by atoms with Gasteiger partial charge in [0, 0.05) is 55.2 Å². The van der Waals surface area contributed by atoms with Gasteiger partial charge in [0.1, 0.15) is 43.1 Å². The highest BCUT2D eigenvalue weighted by Gasteiger charge is 2.36. The van der Waals surface area contributed by atoms with Gasteiger partial charge in [-0.05, 0) is 83.3 Å². The maximum absolute atomic E-state index is 13.5. The monoisotopic (exact) mass is 1170 g/mol. The Balaban J connectivity index is 0.000000214. The third-order valence-corrected chi connectivity index (χ3v) is 15.2. The predicted octanol–water partition coefficient (Wildman–Crippen LogP) is 8.30. The van der Waals surface area contributed by atoms with Crippen LogP contribution in [0, 0.1) is 10.8 Å². The van der Waals surface area contributed by atoms with Crippen molar-refractivity contribution >= 4 is 63.1 Å². The van der Waals surface area contributed by atoms with Crippen LogP contribution in [-0.2, 0) is 49.5 Å². The first-order chi connectivity index (χ1) is 41.1. The van der Waals surface area contributed by atoms with E-state index in [1.165, 1.54) is 4.90 Å². The van der Waals surface area contributed by atoms with Gasteiger partial charge in [-0.25, -0.2) is 9.59 Å². The molecule has 4 N–H and O–H groups in total. The molecule has 7 aromatic carbocycles. The van der Waals surface area contributed by atoms with Gasteiger partial charge in [0.25, 0.3) is 10.1 Å². The van der Waals surface area contributed by atoms with Crippen molar-refractivity contribution in [3.8, 4) is 0 Å². The van der Waals surface area contributed by atoms with E-state index in [0.717, 1.165) is 47.2 Å². The summed E-state index contributed by atoms with van der Waals surface area (Å²) in [7, 11) is -3.65. The molecule has 3 atom stereocenters. The van der Waals surface area contributed by atoms with Crippen molar-refractivity contribution in [2.45, 2.75) is 43.6 Å². The zero-order chi connectivity index (χ0) is 59.9. The topological polar surface area (TPSA) is 241 Å². The van der Waals surface area contributed by atoms with Crippen molar-refractivity contribution in [2.75, 3.05) is 68.5 Å². The molecular weight excluding hydrogens is 1100 g/mol. The molecule has 3 saturated heterocycles. The fraction of sp³-hybridized carbons (Fsp3) is 0.246. The van der Waals surface area contributed by atoms with E-state index in [9.17, 15) is 32.4 Å². The van der Waals surface area contributed by atoms with Gasteiger partial charge < -0.3 is 24.8 Å². The van der Waals surface area contributed by atoms with E-state index in [2.05, 4.69) is 20.4 Å². The highest BCUT2D eigenvalue weighted by atomic mass is 32.2. The van der Waals surface area contributed by atoms with Crippen LogP contribution in [0.15, 0.2) is 200 Å². The van der Waals surface area contributed by atoms with Crippen LogP contribution >= 0.6 is 0 Å². The maximum Gasteiger partial charge on any atom is 0.414 e. The summed E-state index contributed by atoms with van der Waals surface area (Å²) >= 11 is 0. The highest BCUT2D eigenvalue weighted by molar-refractivity contribution is 7.86. The Morgan fingerprint density at radius 1 is 0.553 bits per heavy atom. The molecule has 3 unspecified atom stereocenters. The first-order valence-corrected chi connectivity index (χ1v) is 29.6. The maximum atomic E-state index is 13.5. The number of ether oxygens (including phenoxy) is 3. The lowest BCUT2D eigenvalue weighted by atomic mass is 9.90. The van der Waals surface area contributed by atoms with E-state index >= 15 is 0 Å². The number of carbonyl (C=O) groups excluding carboxylic acids is 5. The second kappa shape index (κ2) is 28.3. The third-order valence-electron chi connectivity index (χ3n) is 14.7. The molecule has 0 saturated carbocycles. The molecule has 19 nitrogen and oxygen atoms in total. The van der Waals surface area contributed by atoms with E-state index in [1.54, 1.807) is 53.4 Å². The third kappa shape index (κ3) is 16.3. The van der Waals surface area contributed by atoms with Gasteiger partial charge in [0.05, 0.1) is 31.2 Å². The van der Waals surface area contributed by atoms with Crippen molar-refractivity contribution in [1.82, 2.24) is 20.4 Å².